The lowest BCUT2D eigenvalue weighted by Crippen LogP contribution is -2.60. The highest BCUT2D eigenvalue weighted by molar-refractivity contribution is 5.78. The van der Waals surface area contributed by atoms with Crippen molar-refractivity contribution < 1.29 is 23.8 Å². The van der Waals surface area contributed by atoms with Gasteiger partial charge in [-0.2, -0.15) is 0 Å². The Kier molecular flexibility index (Phi) is 6.83. The number of nitrogens with zero attached hydrogens (tertiary/aromatic N) is 3. The third-order valence-electron chi connectivity index (χ3n) is 6.39. The van der Waals surface area contributed by atoms with Crippen LogP contribution in [0, 0.1) is 0 Å². The van der Waals surface area contributed by atoms with E-state index in [0.29, 0.717) is 19.0 Å². The summed E-state index contributed by atoms with van der Waals surface area (Å²) in [6.07, 6.45) is 8.22. The number of carbonyl (C=O) groups excluding carboxylic acids is 2. The molecule has 2 amide bonds. The van der Waals surface area contributed by atoms with Crippen LogP contribution in [0.25, 0.3) is 0 Å². The lowest BCUT2D eigenvalue weighted by atomic mass is 9.85. The maximum Gasteiger partial charge on any atom is 0.407 e. The molecule has 0 spiro atoms. The van der Waals surface area contributed by atoms with E-state index in [1.165, 1.54) is 0 Å². The molecule has 1 saturated heterocycles. The Morgan fingerprint density at radius 3 is 2.66 bits per heavy atom. The number of rotatable bonds is 1. The number of alkyl carbamates (subject to hydrolysis) is 1. The van der Waals surface area contributed by atoms with Gasteiger partial charge in [0, 0.05) is 24.9 Å². The van der Waals surface area contributed by atoms with Gasteiger partial charge in [-0.05, 0) is 59.3 Å². The molecule has 0 radical (unpaired) electrons. The van der Waals surface area contributed by atoms with Crippen LogP contribution < -0.4 is 10.1 Å². The summed E-state index contributed by atoms with van der Waals surface area (Å²) in [6, 6.07) is -0.511. The summed E-state index contributed by atoms with van der Waals surface area (Å²) in [5, 5.41) is 2.98. The van der Waals surface area contributed by atoms with Crippen molar-refractivity contribution in [3.63, 3.8) is 0 Å². The quantitative estimate of drug-likeness (QED) is 0.707. The third-order valence-corrected chi connectivity index (χ3v) is 6.39. The molecule has 4 heterocycles. The molecule has 1 saturated carbocycles. The number of amides is 2. The molecule has 176 valence electrons. The van der Waals surface area contributed by atoms with E-state index in [0.717, 1.165) is 44.2 Å². The molecule has 1 N–H and O–H groups in total. The molecule has 3 aliphatic heterocycles. The standard InChI is InChI=1S/C23H34N4O5/c1-23(2,3)32-22(29)26-17-5-4-12-27-18(17)13-30-16-8-6-15(7-9-16)20-21(25-11-10-24-20)31-14-19(27)28/h10-11,15-18H,4-9,12-14H2,1-3H3,(H,26,29). The molecule has 1 aromatic rings. The van der Waals surface area contributed by atoms with Crippen molar-refractivity contribution >= 4 is 12.0 Å². The molecule has 5 rings (SSSR count). The normalized spacial score (nSPS) is 28.8. The van der Waals surface area contributed by atoms with Crippen molar-refractivity contribution in [1.29, 1.82) is 0 Å². The summed E-state index contributed by atoms with van der Waals surface area (Å²) in [4.78, 5) is 36.3. The van der Waals surface area contributed by atoms with Gasteiger partial charge in [-0.15, -0.1) is 0 Å². The number of carbonyl (C=O) groups is 2. The van der Waals surface area contributed by atoms with Crippen molar-refractivity contribution in [2.24, 2.45) is 0 Å². The van der Waals surface area contributed by atoms with Crippen molar-refractivity contribution in [2.75, 3.05) is 19.8 Å². The van der Waals surface area contributed by atoms with Crippen LogP contribution >= 0.6 is 0 Å². The van der Waals surface area contributed by atoms with Gasteiger partial charge in [0.2, 0.25) is 5.88 Å². The minimum Gasteiger partial charge on any atom is -0.466 e. The molecule has 32 heavy (non-hydrogen) atoms. The molecule has 2 fully saturated rings. The molecule has 1 aliphatic carbocycles. The maximum absolute atomic E-state index is 13.2. The average Bonchev–Trinajstić information content (AvgIpc) is 2.76. The van der Waals surface area contributed by atoms with Crippen LogP contribution in [-0.4, -0.2) is 70.4 Å². The summed E-state index contributed by atoms with van der Waals surface area (Å²) in [5.74, 6) is 0.567. The van der Waals surface area contributed by atoms with Gasteiger partial charge < -0.3 is 24.4 Å². The Balaban J connectivity index is 1.54. The van der Waals surface area contributed by atoms with Gasteiger partial charge in [-0.25, -0.2) is 9.78 Å². The third kappa shape index (κ3) is 5.49. The van der Waals surface area contributed by atoms with Gasteiger partial charge in [0.05, 0.1) is 24.8 Å². The van der Waals surface area contributed by atoms with E-state index in [4.69, 9.17) is 14.2 Å². The van der Waals surface area contributed by atoms with Gasteiger partial charge >= 0.3 is 6.09 Å². The predicted octanol–water partition coefficient (Wildman–Crippen LogP) is 2.80. The van der Waals surface area contributed by atoms with Crippen molar-refractivity contribution in [1.82, 2.24) is 20.2 Å². The number of aromatic nitrogens is 2. The van der Waals surface area contributed by atoms with E-state index in [9.17, 15) is 9.59 Å². The van der Waals surface area contributed by atoms with E-state index >= 15 is 0 Å². The van der Waals surface area contributed by atoms with Crippen LogP contribution in [0.3, 0.4) is 0 Å². The summed E-state index contributed by atoms with van der Waals surface area (Å²) >= 11 is 0. The monoisotopic (exact) mass is 446 g/mol. The summed E-state index contributed by atoms with van der Waals surface area (Å²) in [5.41, 5.74) is 0.244. The summed E-state index contributed by atoms with van der Waals surface area (Å²) < 4.78 is 17.6. The molecule has 4 aliphatic rings. The maximum atomic E-state index is 13.2. The first kappa shape index (κ1) is 22.8. The molecule has 2 unspecified atom stereocenters. The minimum absolute atomic E-state index is 0.114. The molecule has 9 heteroatoms. The Morgan fingerprint density at radius 2 is 1.91 bits per heavy atom. The SMILES string of the molecule is CC(C)(C)OC(=O)NC1CCCN2C(=O)COc3nccnc3C3CCC(CC3)OCC12. The zero-order valence-electron chi connectivity index (χ0n) is 19.2. The second-order valence-corrected chi connectivity index (χ2v) is 9.89. The molecular weight excluding hydrogens is 412 g/mol. The summed E-state index contributed by atoms with van der Waals surface area (Å²) in [7, 11) is 0. The highest BCUT2D eigenvalue weighted by atomic mass is 16.6. The fourth-order valence-electron chi connectivity index (χ4n) is 4.88. The van der Waals surface area contributed by atoms with E-state index < -0.39 is 11.7 Å². The minimum atomic E-state index is -0.587. The molecule has 0 aromatic carbocycles. The number of nitrogens with one attached hydrogen (secondary N) is 1. The highest BCUT2D eigenvalue weighted by Crippen LogP contribution is 2.37. The molecule has 1 aromatic heterocycles. The molecule has 9 nitrogen and oxygen atoms in total. The largest absolute Gasteiger partial charge is 0.466 e. The summed E-state index contributed by atoms with van der Waals surface area (Å²) in [6.45, 7) is 6.37. The number of fused-ring (bicyclic) bond motifs is 5. The topological polar surface area (TPSA) is 103 Å². The first-order valence-electron chi connectivity index (χ1n) is 11.6. The van der Waals surface area contributed by atoms with Crippen molar-refractivity contribution in [2.45, 2.75) is 89.0 Å². The van der Waals surface area contributed by atoms with Crippen LogP contribution in [0.15, 0.2) is 12.4 Å². The number of piperidine rings is 1. The zero-order valence-corrected chi connectivity index (χ0v) is 19.2. The van der Waals surface area contributed by atoms with Crippen LogP contribution in [0.4, 0.5) is 4.79 Å². The van der Waals surface area contributed by atoms with E-state index in [2.05, 4.69) is 15.3 Å². The first-order valence-corrected chi connectivity index (χ1v) is 11.6. The van der Waals surface area contributed by atoms with Gasteiger partial charge in [-0.1, -0.05) is 0 Å². The second-order valence-electron chi connectivity index (χ2n) is 9.89. The fraction of sp³-hybridized carbons (Fsp3) is 0.739. The smallest absolute Gasteiger partial charge is 0.407 e. The average molecular weight is 447 g/mol. The van der Waals surface area contributed by atoms with Crippen LogP contribution in [0.5, 0.6) is 5.88 Å². The Morgan fingerprint density at radius 1 is 1.16 bits per heavy atom. The van der Waals surface area contributed by atoms with Crippen LogP contribution in [0.2, 0.25) is 0 Å². The van der Waals surface area contributed by atoms with E-state index in [1.54, 1.807) is 17.3 Å². The van der Waals surface area contributed by atoms with Gasteiger partial charge in [-0.3, -0.25) is 9.78 Å². The number of hydrogen-bond donors (Lipinski definition) is 1. The Bertz CT molecular complexity index is 819. The van der Waals surface area contributed by atoms with Gasteiger partial charge in [0.1, 0.15) is 11.3 Å². The van der Waals surface area contributed by atoms with Gasteiger partial charge in [0.25, 0.3) is 5.91 Å². The predicted molar refractivity (Wildman–Crippen MR) is 116 cm³/mol. The fourth-order valence-corrected chi connectivity index (χ4v) is 4.88. The highest BCUT2D eigenvalue weighted by Gasteiger charge is 2.38. The Labute approximate surface area is 189 Å². The van der Waals surface area contributed by atoms with E-state index in [1.807, 2.05) is 20.8 Å². The number of hydrogen-bond acceptors (Lipinski definition) is 7. The first-order chi connectivity index (χ1) is 15.3. The molecule has 2 atom stereocenters. The van der Waals surface area contributed by atoms with Crippen molar-refractivity contribution in [3.8, 4) is 5.88 Å². The Hall–Kier alpha value is -2.42. The second kappa shape index (κ2) is 9.60. The molecule has 2 bridgehead atoms. The van der Waals surface area contributed by atoms with Gasteiger partial charge in [0.15, 0.2) is 6.61 Å². The van der Waals surface area contributed by atoms with Crippen LogP contribution in [0.1, 0.15) is 70.9 Å². The van der Waals surface area contributed by atoms with E-state index in [-0.39, 0.29) is 36.6 Å². The van der Waals surface area contributed by atoms with Crippen LogP contribution in [-0.2, 0) is 14.3 Å². The van der Waals surface area contributed by atoms with Crippen molar-refractivity contribution in [3.05, 3.63) is 18.1 Å². The number of ether oxygens (including phenoxy) is 3. The lowest BCUT2D eigenvalue weighted by Gasteiger charge is -2.42. The lowest BCUT2D eigenvalue weighted by molar-refractivity contribution is -0.141. The molecular formula is C23H34N4O5. The zero-order chi connectivity index (χ0) is 22.7.